The van der Waals surface area contributed by atoms with Gasteiger partial charge in [-0.3, -0.25) is 9.69 Å². The molecule has 1 saturated heterocycles. The Hall–Kier alpha value is -2.55. The molecule has 3 nitrogen and oxygen atoms in total. The minimum absolute atomic E-state index is 0.0396. The monoisotopic (exact) mass is 473 g/mol. The molecule has 9 heteroatoms. The summed E-state index contributed by atoms with van der Waals surface area (Å²) in [5.74, 6) is -1.08. The molecule has 0 spiro atoms. The highest BCUT2D eigenvalue weighted by atomic mass is 19.4. The van der Waals surface area contributed by atoms with Crippen molar-refractivity contribution in [3.05, 3.63) is 70.8 Å². The molecule has 1 heterocycles. The normalized spacial score (nSPS) is 21.1. The van der Waals surface area contributed by atoms with E-state index < -0.39 is 29.4 Å². The van der Waals surface area contributed by atoms with Gasteiger partial charge in [0.1, 0.15) is 0 Å². The Kier molecular flexibility index (Phi) is 7.41. The number of hydrogen-bond donors (Lipinski definition) is 1. The summed E-state index contributed by atoms with van der Waals surface area (Å²) in [6.07, 6.45) is -7.36. The van der Waals surface area contributed by atoms with Crippen LogP contribution < -0.4 is 0 Å². The summed E-state index contributed by atoms with van der Waals surface area (Å²) in [6.45, 7) is 2.39. The molecule has 33 heavy (non-hydrogen) atoms. The van der Waals surface area contributed by atoms with Crippen LogP contribution >= 0.6 is 0 Å². The lowest BCUT2D eigenvalue weighted by Crippen LogP contribution is -2.40. The zero-order valence-corrected chi connectivity index (χ0v) is 18.0. The van der Waals surface area contributed by atoms with Gasteiger partial charge in [-0.2, -0.15) is 26.3 Å². The Morgan fingerprint density at radius 2 is 1.48 bits per heavy atom. The SMILES string of the molecule is CC[C@H](c1ccc(C(F)(F)F)cc1)N1CC[C@H](CC(=O)O)C[C@H]1c1ccc(C(F)(F)F)cc1. The van der Waals surface area contributed by atoms with Gasteiger partial charge in [0.15, 0.2) is 0 Å². The van der Waals surface area contributed by atoms with Gasteiger partial charge in [-0.25, -0.2) is 0 Å². The van der Waals surface area contributed by atoms with Crippen molar-refractivity contribution >= 4 is 5.97 Å². The lowest BCUT2D eigenvalue weighted by molar-refractivity contribution is -0.139. The molecule has 1 aliphatic rings. The number of carboxylic acid groups (broad SMARTS) is 1. The van der Waals surface area contributed by atoms with E-state index in [0.717, 1.165) is 24.3 Å². The first kappa shape index (κ1) is 25.1. The van der Waals surface area contributed by atoms with Gasteiger partial charge < -0.3 is 5.11 Å². The summed E-state index contributed by atoms with van der Waals surface area (Å²) >= 11 is 0. The van der Waals surface area contributed by atoms with Gasteiger partial charge >= 0.3 is 18.3 Å². The van der Waals surface area contributed by atoms with Crippen LogP contribution in [-0.4, -0.2) is 22.5 Å². The van der Waals surface area contributed by atoms with Crippen molar-refractivity contribution in [2.75, 3.05) is 6.54 Å². The van der Waals surface area contributed by atoms with Crippen LogP contribution in [0.4, 0.5) is 26.3 Å². The van der Waals surface area contributed by atoms with E-state index in [4.69, 9.17) is 0 Å². The number of alkyl halides is 6. The van der Waals surface area contributed by atoms with Crippen LogP contribution in [-0.2, 0) is 17.1 Å². The van der Waals surface area contributed by atoms with E-state index in [9.17, 15) is 36.2 Å². The van der Waals surface area contributed by atoms with Gasteiger partial charge in [0.05, 0.1) is 11.1 Å². The minimum atomic E-state index is -4.47. The molecule has 0 unspecified atom stereocenters. The average molecular weight is 473 g/mol. The molecule has 1 fully saturated rings. The van der Waals surface area contributed by atoms with Gasteiger partial charge in [0, 0.05) is 18.5 Å². The van der Waals surface area contributed by atoms with E-state index in [1.807, 2.05) is 6.92 Å². The molecular formula is C24H25F6NO2. The highest BCUT2D eigenvalue weighted by Gasteiger charge is 2.36. The molecule has 2 aromatic carbocycles. The number of benzene rings is 2. The van der Waals surface area contributed by atoms with Crippen molar-refractivity contribution in [1.82, 2.24) is 4.90 Å². The van der Waals surface area contributed by atoms with Crippen molar-refractivity contribution in [3.8, 4) is 0 Å². The maximum absolute atomic E-state index is 13.0. The van der Waals surface area contributed by atoms with Crippen LogP contribution in [0.15, 0.2) is 48.5 Å². The molecule has 0 bridgehead atoms. The third-order valence-corrected chi connectivity index (χ3v) is 6.25. The number of aliphatic carboxylic acids is 1. The van der Waals surface area contributed by atoms with Gasteiger partial charge in [-0.15, -0.1) is 0 Å². The third kappa shape index (κ3) is 6.07. The van der Waals surface area contributed by atoms with E-state index in [1.54, 1.807) is 0 Å². The fraction of sp³-hybridized carbons (Fsp3) is 0.458. The second-order valence-electron chi connectivity index (χ2n) is 8.41. The molecule has 0 aliphatic carbocycles. The van der Waals surface area contributed by atoms with Crippen molar-refractivity contribution in [3.63, 3.8) is 0 Å². The highest BCUT2D eigenvalue weighted by Crippen LogP contribution is 2.43. The van der Waals surface area contributed by atoms with Gasteiger partial charge in [0.25, 0.3) is 0 Å². The number of halogens is 6. The van der Waals surface area contributed by atoms with E-state index in [2.05, 4.69) is 4.90 Å². The summed E-state index contributed by atoms with van der Waals surface area (Å²) in [6, 6.07) is 9.15. The van der Waals surface area contributed by atoms with Crippen molar-refractivity contribution in [2.24, 2.45) is 5.92 Å². The molecule has 0 radical (unpaired) electrons. The molecule has 0 aromatic heterocycles. The van der Waals surface area contributed by atoms with Gasteiger partial charge in [-0.05, 0) is 67.1 Å². The molecule has 2 aromatic rings. The first-order chi connectivity index (χ1) is 15.4. The smallest absolute Gasteiger partial charge is 0.416 e. The van der Waals surface area contributed by atoms with Crippen LogP contribution in [0.3, 0.4) is 0 Å². The second kappa shape index (κ2) is 9.75. The number of rotatable bonds is 6. The van der Waals surface area contributed by atoms with Crippen LogP contribution in [0.25, 0.3) is 0 Å². The van der Waals surface area contributed by atoms with E-state index in [-0.39, 0.29) is 24.4 Å². The number of carboxylic acids is 1. The zero-order valence-electron chi connectivity index (χ0n) is 18.0. The van der Waals surface area contributed by atoms with E-state index in [0.29, 0.717) is 36.9 Å². The maximum Gasteiger partial charge on any atom is 0.416 e. The lowest BCUT2D eigenvalue weighted by atomic mass is 9.83. The third-order valence-electron chi connectivity index (χ3n) is 6.25. The van der Waals surface area contributed by atoms with Gasteiger partial charge in [0.2, 0.25) is 0 Å². The van der Waals surface area contributed by atoms with Crippen LogP contribution in [0, 0.1) is 5.92 Å². The summed E-state index contributed by atoms with van der Waals surface area (Å²) < 4.78 is 77.9. The number of piperidine rings is 1. The lowest BCUT2D eigenvalue weighted by Gasteiger charge is -2.44. The predicted molar refractivity (Wildman–Crippen MR) is 110 cm³/mol. The summed E-state index contributed by atoms with van der Waals surface area (Å²) in [5, 5.41) is 9.21. The fourth-order valence-electron chi connectivity index (χ4n) is 4.64. The van der Waals surface area contributed by atoms with Gasteiger partial charge in [-0.1, -0.05) is 31.2 Å². The summed E-state index contributed by atoms with van der Waals surface area (Å²) in [7, 11) is 0. The van der Waals surface area contributed by atoms with Crippen LogP contribution in [0.1, 0.15) is 66.9 Å². The minimum Gasteiger partial charge on any atom is -0.481 e. The molecule has 1 N–H and O–H groups in total. The number of hydrogen-bond acceptors (Lipinski definition) is 2. The molecule has 3 rings (SSSR count). The Balaban J connectivity index is 1.93. The Morgan fingerprint density at radius 1 is 0.970 bits per heavy atom. The quantitative estimate of drug-likeness (QED) is 0.455. The maximum atomic E-state index is 13.0. The molecular weight excluding hydrogens is 448 g/mol. The largest absolute Gasteiger partial charge is 0.481 e. The van der Waals surface area contributed by atoms with E-state index in [1.165, 1.54) is 24.3 Å². The second-order valence-corrected chi connectivity index (χ2v) is 8.41. The Morgan fingerprint density at radius 3 is 1.94 bits per heavy atom. The van der Waals surface area contributed by atoms with Crippen LogP contribution in [0.5, 0.6) is 0 Å². The first-order valence-electron chi connectivity index (χ1n) is 10.7. The first-order valence-corrected chi connectivity index (χ1v) is 10.7. The fourth-order valence-corrected chi connectivity index (χ4v) is 4.64. The van der Waals surface area contributed by atoms with Crippen LogP contribution in [0.2, 0.25) is 0 Å². The van der Waals surface area contributed by atoms with E-state index >= 15 is 0 Å². The standard InChI is InChI=1S/C24H25F6NO2/c1-2-20(16-3-7-18(8-4-16)23(25,26)27)31-12-11-15(14-22(32)33)13-21(31)17-5-9-19(10-6-17)24(28,29)30/h3-10,15,20-21H,2,11-14H2,1H3,(H,32,33)/t15-,20+,21-/m0/s1. The Labute approximate surface area is 188 Å². The molecule has 180 valence electrons. The average Bonchev–Trinajstić information content (AvgIpc) is 2.74. The number of likely N-dealkylation sites (tertiary alicyclic amines) is 1. The van der Waals surface area contributed by atoms with Crippen molar-refractivity contribution < 1.29 is 36.2 Å². The molecule has 3 atom stereocenters. The summed E-state index contributed by atoms with van der Waals surface area (Å²) in [5.41, 5.74) is -0.214. The number of nitrogens with zero attached hydrogens (tertiary/aromatic N) is 1. The van der Waals surface area contributed by atoms with Crippen molar-refractivity contribution in [2.45, 2.75) is 57.0 Å². The molecule has 0 amide bonds. The Bertz CT molecular complexity index is 937. The molecule has 0 saturated carbocycles. The van der Waals surface area contributed by atoms with Crippen molar-refractivity contribution in [1.29, 1.82) is 0 Å². The predicted octanol–water partition coefficient (Wildman–Crippen LogP) is 7.10. The topological polar surface area (TPSA) is 40.5 Å². The number of carbonyl (C=O) groups is 1. The molecule has 1 aliphatic heterocycles. The highest BCUT2D eigenvalue weighted by molar-refractivity contribution is 5.67. The summed E-state index contributed by atoms with van der Waals surface area (Å²) in [4.78, 5) is 13.3. The zero-order chi connectivity index (χ0) is 24.4.